The first-order valence-electron chi connectivity index (χ1n) is 9.69. The molecule has 1 atom stereocenters. The molecule has 2 aromatic carbocycles. The number of benzene rings is 2. The molecule has 0 radical (unpaired) electrons. The number of cyclic esters (lactones) is 1. The Kier molecular flexibility index (Phi) is 5.46. The van der Waals surface area contributed by atoms with Crippen molar-refractivity contribution >= 4 is 17.9 Å². The quantitative estimate of drug-likeness (QED) is 0.803. The molecule has 6 heteroatoms. The number of anilines is 1. The highest BCUT2D eigenvalue weighted by Crippen LogP contribution is 2.30. The maximum Gasteiger partial charge on any atom is 0.414 e. The number of carbonyl (C=O) groups is 2. The summed E-state index contributed by atoms with van der Waals surface area (Å²) in [5.74, 6) is 0.260. The van der Waals surface area contributed by atoms with Crippen molar-refractivity contribution in [1.82, 2.24) is 4.90 Å². The lowest BCUT2D eigenvalue weighted by molar-refractivity contribution is 0.0518. The van der Waals surface area contributed by atoms with E-state index in [0.717, 1.165) is 24.1 Å². The van der Waals surface area contributed by atoms with E-state index in [9.17, 15) is 9.59 Å². The van der Waals surface area contributed by atoms with Crippen LogP contribution in [0.1, 0.15) is 18.4 Å². The van der Waals surface area contributed by atoms with Crippen LogP contribution in [0, 0.1) is 5.92 Å². The average Bonchev–Trinajstić information content (AvgIpc) is 3.15. The molecule has 0 aliphatic carbocycles. The predicted molar refractivity (Wildman–Crippen MR) is 105 cm³/mol. The molecule has 2 saturated heterocycles. The fraction of sp³-hybridized carbons (Fsp3) is 0.364. The first-order chi connectivity index (χ1) is 13.7. The molecular formula is C22H24N2O4. The van der Waals surface area contributed by atoms with Gasteiger partial charge in [0, 0.05) is 24.7 Å². The van der Waals surface area contributed by atoms with E-state index in [0.29, 0.717) is 19.6 Å². The summed E-state index contributed by atoms with van der Waals surface area (Å²) in [6.45, 7) is 2.09. The smallest absolute Gasteiger partial charge is 0.414 e. The van der Waals surface area contributed by atoms with E-state index >= 15 is 0 Å². The van der Waals surface area contributed by atoms with Gasteiger partial charge in [-0.05, 0) is 30.5 Å². The molecule has 2 aliphatic rings. The van der Waals surface area contributed by atoms with Crippen molar-refractivity contribution in [3.63, 3.8) is 0 Å². The van der Waals surface area contributed by atoms with E-state index in [1.807, 2.05) is 60.7 Å². The van der Waals surface area contributed by atoms with Gasteiger partial charge in [0.25, 0.3) is 0 Å². The molecule has 0 bridgehead atoms. The number of hydrogen-bond donors (Lipinski definition) is 0. The van der Waals surface area contributed by atoms with E-state index < -0.39 is 0 Å². The number of ether oxygens (including phenoxy) is 2. The van der Waals surface area contributed by atoms with Gasteiger partial charge in [0.1, 0.15) is 12.7 Å². The van der Waals surface area contributed by atoms with Gasteiger partial charge in [0.05, 0.1) is 6.54 Å². The number of piperidine rings is 1. The molecule has 28 heavy (non-hydrogen) atoms. The van der Waals surface area contributed by atoms with Crippen LogP contribution in [0.3, 0.4) is 0 Å². The van der Waals surface area contributed by atoms with Gasteiger partial charge in [0.2, 0.25) is 0 Å². The Bertz CT molecular complexity index is 804. The summed E-state index contributed by atoms with van der Waals surface area (Å²) in [4.78, 5) is 28.0. The highest BCUT2D eigenvalue weighted by molar-refractivity contribution is 5.89. The molecule has 0 saturated carbocycles. The van der Waals surface area contributed by atoms with E-state index in [2.05, 4.69) is 0 Å². The monoisotopic (exact) mass is 380 g/mol. The highest BCUT2D eigenvalue weighted by Gasteiger charge is 2.39. The Hall–Kier alpha value is -3.02. The SMILES string of the molecule is O=C(OCc1ccccc1)N1CCC([C@H]2CN(c3ccccc3)C(=O)O2)CC1. The van der Waals surface area contributed by atoms with E-state index in [1.54, 1.807) is 9.80 Å². The molecule has 2 fully saturated rings. The first kappa shape index (κ1) is 18.3. The Morgan fingerprint density at radius 3 is 2.32 bits per heavy atom. The standard InChI is InChI=1S/C22H24N2O4/c25-21(27-16-17-7-3-1-4-8-17)23-13-11-18(12-14-23)20-15-24(22(26)28-20)19-9-5-2-6-10-19/h1-10,18,20H,11-16H2/t20-/m1/s1. The Labute approximate surface area is 164 Å². The van der Waals surface area contributed by atoms with Gasteiger partial charge in [-0.1, -0.05) is 48.5 Å². The van der Waals surface area contributed by atoms with Gasteiger partial charge in [0.15, 0.2) is 0 Å². The lowest BCUT2D eigenvalue weighted by Gasteiger charge is -2.33. The molecule has 4 rings (SSSR count). The summed E-state index contributed by atoms with van der Waals surface area (Å²) in [6, 6.07) is 19.2. The van der Waals surface area contributed by atoms with Gasteiger partial charge < -0.3 is 14.4 Å². The zero-order valence-corrected chi connectivity index (χ0v) is 15.7. The zero-order valence-electron chi connectivity index (χ0n) is 15.7. The average molecular weight is 380 g/mol. The lowest BCUT2D eigenvalue weighted by atomic mass is 9.91. The lowest BCUT2D eigenvalue weighted by Crippen LogP contribution is -2.42. The summed E-state index contributed by atoms with van der Waals surface area (Å²) in [5.41, 5.74) is 1.83. The Morgan fingerprint density at radius 2 is 1.64 bits per heavy atom. The fourth-order valence-corrected chi connectivity index (χ4v) is 3.81. The van der Waals surface area contributed by atoms with E-state index in [1.165, 1.54) is 0 Å². The number of likely N-dealkylation sites (tertiary alicyclic amines) is 1. The van der Waals surface area contributed by atoms with Gasteiger partial charge in [-0.2, -0.15) is 0 Å². The number of para-hydroxylation sites is 1. The Balaban J connectivity index is 1.26. The van der Waals surface area contributed by atoms with Gasteiger partial charge in [-0.3, -0.25) is 4.90 Å². The largest absolute Gasteiger partial charge is 0.445 e. The second-order valence-corrected chi connectivity index (χ2v) is 7.23. The van der Waals surface area contributed by atoms with Crippen molar-refractivity contribution in [2.24, 2.45) is 5.92 Å². The van der Waals surface area contributed by atoms with Crippen LogP contribution in [0.25, 0.3) is 0 Å². The zero-order chi connectivity index (χ0) is 19.3. The molecule has 0 N–H and O–H groups in total. The van der Waals surface area contributed by atoms with Gasteiger partial charge in [-0.25, -0.2) is 9.59 Å². The molecule has 2 amide bonds. The van der Waals surface area contributed by atoms with Crippen LogP contribution in [-0.2, 0) is 16.1 Å². The molecule has 0 spiro atoms. The molecule has 0 unspecified atom stereocenters. The normalized spacial score (nSPS) is 20.1. The summed E-state index contributed by atoms with van der Waals surface area (Å²) in [7, 11) is 0. The van der Waals surface area contributed by atoms with Crippen LogP contribution >= 0.6 is 0 Å². The topological polar surface area (TPSA) is 59.1 Å². The number of nitrogens with zero attached hydrogens (tertiary/aromatic N) is 2. The molecule has 146 valence electrons. The highest BCUT2D eigenvalue weighted by atomic mass is 16.6. The number of rotatable bonds is 4. The minimum atomic E-state index is -0.291. The molecule has 0 aromatic heterocycles. The molecular weight excluding hydrogens is 356 g/mol. The van der Waals surface area contributed by atoms with Crippen LogP contribution in [-0.4, -0.2) is 42.8 Å². The van der Waals surface area contributed by atoms with Crippen molar-refractivity contribution in [1.29, 1.82) is 0 Å². The summed E-state index contributed by atoms with van der Waals surface area (Å²) < 4.78 is 11.0. The van der Waals surface area contributed by atoms with Crippen LogP contribution in [0.5, 0.6) is 0 Å². The van der Waals surface area contributed by atoms with Gasteiger partial charge >= 0.3 is 12.2 Å². The minimum Gasteiger partial charge on any atom is -0.445 e. The predicted octanol–water partition coefficient (Wildman–Crippen LogP) is 4.06. The van der Waals surface area contributed by atoms with Crippen LogP contribution in [0.4, 0.5) is 15.3 Å². The maximum atomic E-state index is 12.3. The molecule has 6 nitrogen and oxygen atoms in total. The van der Waals surface area contributed by atoms with Crippen molar-refractivity contribution in [2.75, 3.05) is 24.5 Å². The Morgan fingerprint density at radius 1 is 1.00 bits per heavy atom. The van der Waals surface area contributed by atoms with E-state index in [-0.39, 0.29) is 30.8 Å². The number of amides is 2. The van der Waals surface area contributed by atoms with Crippen molar-refractivity contribution in [2.45, 2.75) is 25.6 Å². The molecule has 2 heterocycles. The third-order valence-corrected chi connectivity index (χ3v) is 5.43. The first-order valence-corrected chi connectivity index (χ1v) is 9.69. The second kappa shape index (κ2) is 8.33. The van der Waals surface area contributed by atoms with E-state index in [4.69, 9.17) is 9.47 Å². The van der Waals surface area contributed by atoms with Crippen LogP contribution in [0.2, 0.25) is 0 Å². The minimum absolute atomic E-state index is 0.129. The van der Waals surface area contributed by atoms with Crippen molar-refractivity contribution in [3.05, 3.63) is 66.2 Å². The second-order valence-electron chi connectivity index (χ2n) is 7.23. The third-order valence-electron chi connectivity index (χ3n) is 5.43. The van der Waals surface area contributed by atoms with Crippen molar-refractivity contribution in [3.8, 4) is 0 Å². The molecule has 2 aliphatic heterocycles. The molecule has 2 aromatic rings. The van der Waals surface area contributed by atoms with Gasteiger partial charge in [-0.15, -0.1) is 0 Å². The van der Waals surface area contributed by atoms with Crippen molar-refractivity contribution < 1.29 is 19.1 Å². The van der Waals surface area contributed by atoms with Crippen LogP contribution < -0.4 is 4.90 Å². The third kappa shape index (κ3) is 4.11. The van der Waals surface area contributed by atoms with Crippen LogP contribution in [0.15, 0.2) is 60.7 Å². The summed E-state index contributed by atoms with van der Waals surface area (Å²) in [6.07, 6.45) is 0.912. The maximum absolute atomic E-state index is 12.3. The number of carbonyl (C=O) groups excluding carboxylic acids is 2. The summed E-state index contributed by atoms with van der Waals surface area (Å²) >= 11 is 0. The number of hydrogen-bond acceptors (Lipinski definition) is 4. The summed E-state index contributed by atoms with van der Waals surface area (Å²) in [5, 5.41) is 0. The fourth-order valence-electron chi connectivity index (χ4n) is 3.81.